The second-order valence-corrected chi connectivity index (χ2v) is 3.16. The van der Waals surface area contributed by atoms with Crippen LogP contribution in [0.4, 0.5) is 0 Å². The van der Waals surface area contributed by atoms with E-state index in [-0.39, 0.29) is 17.8 Å². The van der Waals surface area contributed by atoms with Crippen LogP contribution in [0.15, 0.2) is 6.20 Å². The molecule has 1 fully saturated rings. The lowest BCUT2D eigenvalue weighted by atomic mass is 10.2. The lowest BCUT2D eigenvalue weighted by Gasteiger charge is -2.11. The molecule has 0 spiro atoms. The van der Waals surface area contributed by atoms with Crippen molar-refractivity contribution >= 4 is 5.97 Å². The van der Waals surface area contributed by atoms with Crippen LogP contribution < -0.4 is 5.73 Å². The first-order chi connectivity index (χ1) is 6.68. The number of aromatic carboxylic acids is 1. The molecule has 0 bridgehead atoms. The van der Waals surface area contributed by atoms with E-state index in [0.29, 0.717) is 13.2 Å². The zero-order valence-corrected chi connectivity index (χ0v) is 7.33. The molecule has 14 heavy (non-hydrogen) atoms. The number of ether oxygens (including phenoxy) is 1. The lowest BCUT2D eigenvalue weighted by molar-refractivity contribution is 0.0690. The van der Waals surface area contributed by atoms with Crippen molar-refractivity contribution < 1.29 is 14.6 Å². The SMILES string of the molecule is N[C@@H]1COC[C@@H]1n1cc(C(=O)O)nn1. The largest absolute Gasteiger partial charge is 0.476 e. The number of carboxylic acid groups (broad SMARTS) is 1. The molecule has 1 aliphatic heterocycles. The summed E-state index contributed by atoms with van der Waals surface area (Å²) in [7, 11) is 0. The van der Waals surface area contributed by atoms with Crippen LogP contribution in [0.25, 0.3) is 0 Å². The van der Waals surface area contributed by atoms with Gasteiger partial charge in [-0.2, -0.15) is 0 Å². The number of aromatic nitrogens is 3. The van der Waals surface area contributed by atoms with E-state index in [1.807, 2.05) is 0 Å². The van der Waals surface area contributed by atoms with Crippen LogP contribution >= 0.6 is 0 Å². The summed E-state index contributed by atoms with van der Waals surface area (Å²) in [6.45, 7) is 0.913. The first-order valence-electron chi connectivity index (χ1n) is 4.17. The van der Waals surface area contributed by atoms with E-state index in [9.17, 15) is 4.79 Å². The summed E-state index contributed by atoms with van der Waals surface area (Å²) in [6.07, 6.45) is 1.36. The third-order valence-corrected chi connectivity index (χ3v) is 2.16. The van der Waals surface area contributed by atoms with Crippen molar-refractivity contribution in [3.8, 4) is 0 Å². The Balaban J connectivity index is 2.20. The predicted octanol–water partition coefficient (Wildman–Crippen LogP) is -1.13. The van der Waals surface area contributed by atoms with Crippen LogP contribution in [0, 0.1) is 0 Å². The molecule has 1 aromatic rings. The smallest absolute Gasteiger partial charge is 0.358 e. The highest BCUT2D eigenvalue weighted by atomic mass is 16.5. The molecule has 1 aromatic heterocycles. The highest BCUT2D eigenvalue weighted by molar-refractivity contribution is 5.84. The molecule has 2 heterocycles. The van der Waals surface area contributed by atoms with Gasteiger partial charge in [0.2, 0.25) is 0 Å². The van der Waals surface area contributed by atoms with Gasteiger partial charge >= 0.3 is 5.97 Å². The molecule has 0 aromatic carbocycles. The Hall–Kier alpha value is -1.47. The molecular formula is C7H10N4O3. The lowest BCUT2D eigenvalue weighted by Crippen LogP contribution is -2.31. The molecule has 0 saturated carbocycles. The normalized spacial score (nSPS) is 26.6. The van der Waals surface area contributed by atoms with Crippen molar-refractivity contribution in [2.75, 3.05) is 13.2 Å². The van der Waals surface area contributed by atoms with Gasteiger partial charge in [0.25, 0.3) is 0 Å². The van der Waals surface area contributed by atoms with E-state index >= 15 is 0 Å². The summed E-state index contributed by atoms with van der Waals surface area (Å²) in [6, 6.07) is -0.269. The van der Waals surface area contributed by atoms with Gasteiger partial charge in [0.15, 0.2) is 5.69 Å². The maximum absolute atomic E-state index is 10.5. The molecule has 1 saturated heterocycles. The Kier molecular flexibility index (Phi) is 2.18. The third kappa shape index (κ3) is 1.47. The number of hydrogen-bond donors (Lipinski definition) is 2. The molecule has 0 unspecified atom stereocenters. The maximum atomic E-state index is 10.5. The van der Waals surface area contributed by atoms with E-state index in [0.717, 1.165) is 0 Å². The Morgan fingerprint density at radius 2 is 2.50 bits per heavy atom. The molecule has 0 aliphatic carbocycles. The Bertz CT molecular complexity index is 350. The van der Waals surface area contributed by atoms with Gasteiger partial charge in [0.05, 0.1) is 31.5 Å². The third-order valence-electron chi connectivity index (χ3n) is 2.16. The van der Waals surface area contributed by atoms with Crippen molar-refractivity contribution in [2.24, 2.45) is 5.73 Å². The summed E-state index contributed by atoms with van der Waals surface area (Å²) in [5.74, 6) is -1.09. The predicted molar refractivity (Wildman–Crippen MR) is 44.8 cm³/mol. The average Bonchev–Trinajstić information content (AvgIpc) is 2.71. The molecule has 2 atom stereocenters. The number of nitrogens with two attached hydrogens (primary N) is 1. The standard InChI is InChI=1S/C7H10N4O3/c8-4-2-14-3-6(4)11-1-5(7(12)13)9-10-11/h1,4,6H,2-3,8H2,(H,12,13)/t4-,6+/m1/s1. The summed E-state index contributed by atoms with van der Waals surface area (Å²) < 4.78 is 6.58. The molecule has 76 valence electrons. The van der Waals surface area contributed by atoms with Crippen molar-refractivity contribution in [2.45, 2.75) is 12.1 Å². The van der Waals surface area contributed by atoms with E-state index < -0.39 is 5.97 Å². The highest BCUT2D eigenvalue weighted by Gasteiger charge is 2.28. The van der Waals surface area contributed by atoms with Crippen molar-refractivity contribution in [3.63, 3.8) is 0 Å². The van der Waals surface area contributed by atoms with Gasteiger partial charge < -0.3 is 15.6 Å². The summed E-state index contributed by atoms with van der Waals surface area (Å²) >= 11 is 0. The van der Waals surface area contributed by atoms with Gasteiger partial charge in [0, 0.05) is 0 Å². The van der Waals surface area contributed by atoms with Crippen LogP contribution in [0.1, 0.15) is 16.5 Å². The Labute approximate surface area is 79.5 Å². The van der Waals surface area contributed by atoms with Gasteiger partial charge in [-0.05, 0) is 0 Å². The zero-order chi connectivity index (χ0) is 10.1. The number of carbonyl (C=O) groups is 1. The molecule has 7 heteroatoms. The summed E-state index contributed by atoms with van der Waals surface area (Å²) in [5, 5.41) is 15.8. The van der Waals surface area contributed by atoms with E-state index in [2.05, 4.69) is 10.3 Å². The first kappa shape index (κ1) is 9.10. The molecule has 0 amide bonds. The van der Waals surface area contributed by atoms with Crippen LogP contribution in [-0.4, -0.2) is 45.3 Å². The van der Waals surface area contributed by atoms with Gasteiger partial charge in [0.1, 0.15) is 0 Å². The minimum absolute atomic E-state index is 0.0795. The Morgan fingerprint density at radius 3 is 3.00 bits per heavy atom. The Morgan fingerprint density at radius 1 is 1.71 bits per heavy atom. The van der Waals surface area contributed by atoms with Crippen molar-refractivity contribution in [1.82, 2.24) is 15.0 Å². The fraction of sp³-hybridized carbons (Fsp3) is 0.571. The summed E-state index contributed by atoms with van der Waals surface area (Å²) in [4.78, 5) is 10.5. The van der Waals surface area contributed by atoms with Crippen LogP contribution in [0.5, 0.6) is 0 Å². The van der Waals surface area contributed by atoms with Gasteiger partial charge in [-0.15, -0.1) is 5.10 Å². The fourth-order valence-electron chi connectivity index (χ4n) is 1.37. The average molecular weight is 198 g/mol. The second-order valence-electron chi connectivity index (χ2n) is 3.16. The number of hydrogen-bond acceptors (Lipinski definition) is 5. The van der Waals surface area contributed by atoms with Crippen molar-refractivity contribution in [3.05, 3.63) is 11.9 Å². The minimum Gasteiger partial charge on any atom is -0.476 e. The van der Waals surface area contributed by atoms with E-state index in [1.165, 1.54) is 10.9 Å². The van der Waals surface area contributed by atoms with Gasteiger partial charge in [-0.25, -0.2) is 9.48 Å². The van der Waals surface area contributed by atoms with Crippen molar-refractivity contribution in [1.29, 1.82) is 0 Å². The fourth-order valence-corrected chi connectivity index (χ4v) is 1.37. The number of carboxylic acids is 1. The quantitative estimate of drug-likeness (QED) is 0.623. The zero-order valence-electron chi connectivity index (χ0n) is 7.33. The summed E-state index contributed by atoms with van der Waals surface area (Å²) in [5.41, 5.74) is 5.66. The monoisotopic (exact) mass is 198 g/mol. The highest BCUT2D eigenvalue weighted by Crippen LogP contribution is 2.16. The van der Waals surface area contributed by atoms with E-state index in [1.54, 1.807) is 0 Å². The molecule has 0 radical (unpaired) electrons. The number of rotatable bonds is 2. The van der Waals surface area contributed by atoms with Crippen LogP contribution in [-0.2, 0) is 4.74 Å². The van der Waals surface area contributed by atoms with Gasteiger partial charge in [-0.3, -0.25) is 0 Å². The molecule has 7 nitrogen and oxygen atoms in total. The van der Waals surface area contributed by atoms with Gasteiger partial charge in [-0.1, -0.05) is 5.21 Å². The molecular weight excluding hydrogens is 188 g/mol. The maximum Gasteiger partial charge on any atom is 0.358 e. The van der Waals surface area contributed by atoms with Crippen LogP contribution in [0.3, 0.4) is 0 Å². The topological polar surface area (TPSA) is 103 Å². The first-order valence-corrected chi connectivity index (χ1v) is 4.17. The number of nitrogens with zero attached hydrogens (tertiary/aromatic N) is 3. The minimum atomic E-state index is -1.09. The molecule has 2 rings (SSSR count). The molecule has 3 N–H and O–H groups in total. The van der Waals surface area contributed by atoms with E-state index in [4.69, 9.17) is 15.6 Å². The molecule has 1 aliphatic rings. The van der Waals surface area contributed by atoms with Crippen LogP contribution in [0.2, 0.25) is 0 Å². The second kappa shape index (κ2) is 3.35.